The van der Waals surface area contributed by atoms with Crippen LogP contribution in [0.4, 0.5) is 0 Å². The van der Waals surface area contributed by atoms with Crippen molar-refractivity contribution in [3.05, 3.63) is 69.6 Å². The standard InChI is InChI=1S/C21H25N3O3/c1-22-20(26)17-13-24(16-10-6-3-7-11-16)14-18(19(17)25)21(27)23-12-15-8-4-2-5-9-15/h2,4-5,8-9,13-14,16H,3,6-7,10-12H2,1H3,(H,22,26)(H,23,27). The molecular weight excluding hydrogens is 342 g/mol. The van der Waals surface area contributed by atoms with Crippen LogP contribution in [-0.2, 0) is 6.54 Å². The van der Waals surface area contributed by atoms with Gasteiger partial charge in [-0.15, -0.1) is 0 Å². The molecular formula is C21H25N3O3. The van der Waals surface area contributed by atoms with Gasteiger partial charge in [0.05, 0.1) is 0 Å². The maximum Gasteiger partial charge on any atom is 0.257 e. The first kappa shape index (κ1) is 18.9. The Labute approximate surface area is 158 Å². The van der Waals surface area contributed by atoms with Crippen LogP contribution in [0, 0.1) is 0 Å². The summed E-state index contributed by atoms with van der Waals surface area (Å²) in [7, 11) is 1.48. The first-order chi connectivity index (χ1) is 13.1. The molecule has 0 atom stereocenters. The molecule has 3 rings (SSSR count). The molecule has 0 aliphatic heterocycles. The van der Waals surface area contributed by atoms with Gasteiger partial charge in [-0.05, 0) is 18.4 Å². The minimum Gasteiger partial charge on any atom is -0.355 e. The molecule has 1 aromatic carbocycles. The lowest BCUT2D eigenvalue weighted by Crippen LogP contribution is -2.35. The summed E-state index contributed by atoms with van der Waals surface area (Å²) in [5.41, 5.74) is 0.431. The molecule has 1 heterocycles. The molecule has 2 amide bonds. The topological polar surface area (TPSA) is 80.2 Å². The summed E-state index contributed by atoms with van der Waals surface area (Å²) in [6.45, 7) is 0.326. The van der Waals surface area contributed by atoms with Crippen molar-refractivity contribution < 1.29 is 9.59 Å². The lowest BCUT2D eigenvalue weighted by molar-refractivity contribution is 0.0948. The van der Waals surface area contributed by atoms with Gasteiger partial charge in [0.25, 0.3) is 11.8 Å². The number of aromatic nitrogens is 1. The fourth-order valence-corrected chi connectivity index (χ4v) is 3.52. The van der Waals surface area contributed by atoms with Crippen molar-refractivity contribution in [2.75, 3.05) is 7.05 Å². The maximum absolute atomic E-state index is 12.7. The lowest BCUT2D eigenvalue weighted by atomic mass is 9.95. The first-order valence-corrected chi connectivity index (χ1v) is 9.40. The van der Waals surface area contributed by atoms with Crippen molar-refractivity contribution in [1.82, 2.24) is 15.2 Å². The fraction of sp³-hybridized carbons (Fsp3) is 0.381. The Balaban J connectivity index is 1.90. The van der Waals surface area contributed by atoms with E-state index in [1.54, 1.807) is 12.4 Å². The van der Waals surface area contributed by atoms with Crippen LogP contribution in [0.3, 0.4) is 0 Å². The molecule has 0 spiro atoms. The minimum absolute atomic E-state index is 0.00966. The van der Waals surface area contributed by atoms with Crippen LogP contribution in [0.2, 0.25) is 0 Å². The molecule has 6 heteroatoms. The first-order valence-electron chi connectivity index (χ1n) is 9.40. The number of hydrogen-bond donors (Lipinski definition) is 2. The monoisotopic (exact) mass is 367 g/mol. The van der Waals surface area contributed by atoms with Gasteiger partial charge in [-0.25, -0.2) is 0 Å². The van der Waals surface area contributed by atoms with E-state index in [1.165, 1.54) is 13.5 Å². The zero-order chi connectivity index (χ0) is 19.2. The summed E-state index contributed by atoms with van der Waals surface area (Å²) in [4.78, 5) is 37.6. The highest BCUT2D eigenvalue weighted by atomic mass is 16.2. The molecule has 27 heavy (non-hydrogen) atoms. The van der Waals surface area contributed by atoms with E-state index < -0.39 is 17.2 Å². The third kappa shape index (κ3) is 4.45. The second-order valence-electron chi connectivity index (χ2n) is 6.90. The van der Waals surface area contributed by atoms with E-state index >= 15 is 0 Å². The van der Waals surface area contributed by atoms with Gasteiger partial charge in [0.15, 0.2) is 0 Å². The Morgan fingerprint density at radius 2 is 1.63 bits per heavy atom. The van der Waals surface area contributed by atoms with Crippen LogP contribution < -0.4 is 16.1 Å². The van der Waals surface area contributed by atoms with E-state index in [0.29, 0.717) is 6.54 Å². The molecule has 0 bridgehead atoms. The van der Waals surface area contributed by atoms with Gasteiger partial charge in [0.2, 0.25) is 5.43 Å². The predicted octanol–water partition coefficient (Wildman–Crippen LogP) is 2.64. The van der Waals surface area contributed by atoms with Gasteiger partial charge in [-0.2, -0.15) is 0 Å². The molecule has 1 aliphatic carbocycles. The molecule has 1 aliphatic rings. The quantitative estimate of drug-likeness (QED) is 0.853. The Morgan fingerprint density at radius 3 is 2.26 bits per heavy atom. The minimum atomic E-state index is -0.535. The van der Waals surface area contributed by atoms with Gasteiger partial charge < -0.3 is 15.2 Å². The third-order valence-corrected chi connectivity index (χ3v) is 5.05. The smallest absolute Gasteiger partial charge is 0.257 e. The number of carbonyl (C=O) groups excluding carboxylic acids is 2. The van der Waals surface area contributed by atoms with Crippen molar-refractivity contribution in [1.29, 1.82) is 0 Å². The van der Waals surface area contributed by atoms with E-state index in [1.807, 2.05) is 34.9 Å². The molecule has 2 N–H and O–H groups in total. The van der Waals surface area contributed by atoms with Crippen LogP contribution in [0.25, 0.3) is 0 Å². The number of hydrogen-bond acceptors (Lipinski definition) is 3. The van der Waals surface area contributed by atoms with Gasteiger partial charge >= 0.3 is 0 Å². The van der Waals surface area contributed by atoms with Crippen LogP contribution in [-0.4, -0.2) is 23.4 Å². The molecule has 1 fully saturated rings. The number of amides is 2. The molecule has 6 nitrogen and oxygen atoms in total. The van der Waals surface area contributed by atoms with Crippen molar-refractivity contribution in [3.8, 4) is 0 Å². The average Bonchev–Trinajstić information content (AvgIpc) is 2.73. The molecule has 0 unspecified atom stereocenters. The maximum atomic E-state index is 12.7. The number of rotatable bonds is 5. The highest BCUT2D eigenvalue weighted by Gasteiger charge is 2.22. The average molecular weight is 367 g/mol. The highest BCUT2D eigenvalue weighted by Crippen LogP contribution is 2.28. The van der Waals surface area contributed by atoms with E-state index in [0.717, 1.165) is 31.2 Å². The summed E-state index contributed by atoms with van der Waals surface area (Å²) in [6.07, 6.45) is 8.59. The van der Waals surface area contributed by atoms with Crippen LogP contribution >= 0.6 is 0 Å². The zero-order valence-corrected chi connectivity index (χ0v) is 15.5. The Morgan fingerprint density at radius 1 is 1.00 bits per heavy atom. The number of nitrogens with zero attached hydrogens (tertiary/aromatic N) is 1. The van der Waals surface area contributed by atoms with Crippen LogP contribution in [0.1, 0.15) is 64.4 Å². The summed E-state index contributed by atoms with van der Waals surface area (Å²) in [6, 6.07) is 9.71. The van der Waals surface area contributed by atoms with Crippen molar-refractivity contribution >= 4 is 11.8 Å². The number of benzene rings is 1. The Bertz CT molecular complexity index is 868. The number of pyridine rings is 1. The van der Waals surface area contributed by atoms with Crippen molar-refractivity contribution in [2.24, 2.45) is 0 Å². The number of nitrogens with one attached hydrogen (secondary N) is 2. The van der Waals surface area contributed by atoms with E-state index in [2.05, 4.69) is 10.6 Å². The van der Waals surface area contributed by atoms with Gasteiger partial charge in [-0.1, -0.05) is 49.6 Å². The summed E-state index contributed by atoms with van der Waals surface area (Å²) >= 11 is 0. The lowest BCUT2D eigenvalue weighted by Gasteiger charge is -2.25. The second kappa shape index (κ2) is 8.66. The van der Waals surface area contributed by atoms with Gasteiger partial charge in [-0.3, -0.25) is 14.4 Å². The number of carbonyl (C=O) groups is 2. The largest absolute Gasteiger partial charge is 0.355 e. The SMILES string of the molecule is CNC(=O)c1cn(C2CCCCC2)cc(C(=O)NCc2ccccc2)c1=O. The normalized spacial score (nSPS) is 14.6. The second-order valence-corrected chi connectivity index (χ2v) is 6.90. The van der Waals surface area contributed by atoms with Gasteiger partial charge in [0.1, 0.15) is 11.1 Å². The highest BCUT2D eigenvalue weighted by molar-refractivity contribution is 5.99. The fourth-order valence-electron chi connectivity index (χ4n) is 3.52. The molecule has 2 aromatic rings. The summed E-state index contributed by atoms with van der Waals surface area (Å²) in [5.74, 6) is -0.929. The van der Waals surface area contributed by atoms with E-state index in [4.69, 9.17) is 0 Å². The van der Waals surface area contributed by atoms with Crippen molar-refractivity contribution in [3.63, 3.8) is 0 Å². The molecule has 1 aromatic heterocycles. The molecule has 1 saturated carbocycles. The van der Waals surface area contributed by atoms with Crippen molar-refractivity contribution in [2.45, 2.75) is 44.7 Å². The Hall–Kier alpha value is -2.89. The molecule has 142 valence electrons. The summed E-state index contributed by atoms with van der Waals surface area (Å²) in [5, 5.41) is 5.28. The van der Waals surface area contributed by atoms with E-state index in [-0.39, 0.29) is 17.2 Å². The molecule has 0 saturated heterocycles. The van der Waals surface area contributed by atoms with Gasteiger partial charge in [0, 0.05) is 32.0 Å². The zero-order valence-electron chi connectivity index (χ0n) is 15.5. The van der Waals surface area contributed by atoms with Crippen LogP contribution in [0.15, 0.2) is 47.5 Å². The summed E-state index contributed by atoms with van der Waals surface area (Å²) < 4.78 is 1.88. The van der Waals surface area contributed by atoms with E-state index in [9.17, 15) is 14.4 Å². The molecule has 0 radical (unpaired) electrons. The Kier molecular flexibility index (Phi) is 6.06. The predicted molar refractivity (Wildman–Crippen MR) is 104 cm³/mol. The third-order valence-electron chi connectivity index (χ3n) is 5.05. The van der Waals surface area contributed by atoms with Crippen LogP contribution in [0.5, 0.6) is 0 Å².